The quantitative estimate of drug-likeness (QED) is 0.572. The minimum atomic E-state index is -0.453. The first-order valence-corrected chi connectivity index (χ1v) is 9.88. The molecule has 1 unspecified atom stereocenters. The summed E-state index contributed by atoms with van der Waals surface area (Å²) in [6.45, 7) is 6.22. The molecule has 1 heterocycles. The standard InChI is InChI=1S/C23H28FN3O3/c1-15-12-23(2,3)27(4)19-11-18(24)16(10-17(15)19)13-25-26-22(28)14-30-21-9-7-6-8-20(21)29-5/h6-11,13,15H,12,14H2,1-5H3,(H,26,28)/b25-13+. The molecule has 1 N–H and O–H groups in total. The van der Waals surface area contributed by atoms with Gasteiger partial charge in [-0.2, -0.15) is 5.10 Å². The minimum absolute atomic E-state index is 0.0378. The third-order valence-corrected chi connectivity index (χ3v) is 5.57. The van der Waals surface area contributed by atoms with Gasteiger partial charge in [0, 0.05) is 23.8 Å². The molecule has 1 aliphatic rings. The second-order valence-corrected chi connectivity index (χ2v) is 8.14. The van der Waals surface area contributed by atoms with E-state index < -0.39 is 5.91 Å². The molecule has 2 aromatic rings. The van der Waals surface area contributed by atoms with E-state index >= 15 is 0 Å². The smallest absolute Gasteiger partial charge is 0.277 e. The Balaban J connectivity index is 1.65. The molecular weight excluding hydrogens is 385 g/mol. The van der Waals surface area contributed by atoms with Gasteiger partial charge in [-0.15, -0.1) is 0 Å². The molecule has 160 valence electrons. The van der Waals surface area contributed by atoms with E-state index in [9.17, 15) is 9.18 Å². The van der Waals surface area contributed by atoms with E-state index in [2.05, 4.69) is 36.2 Å². The zero-order valence-electron chi connectivity index (χ0n) is 18.0. The molecule has 0 aromatic heterocycles. The van der Waals surface area contributed by atoms with E-state index in [-0.39, 0.29) is 18.0 Å². The van der Waals surface area contributed by atoms with Crippen molar-refractivity contribution in [3.05, 3.63) is 53.3 Å². The van der Waals surface area contributed by atoms with Crippen LogP contribution in [0, 0.1) is 5.82 Å². The fraction of sp³-hybridized carbons (Fsp3) is 0.391. The van der Waals surface area contributed by atoms with Crippen LogP contribution in [0.25, 0.3) is 0 Å². The van der Waals surface area contributed by atoms with Crippen LogP contribution >= 0.6 is 0 Å². The lowest BCUT2D eigenvalue weighted by Gasteiger charge is -2.45. The van der Waals surface area contributed by atoms with E-state index in [1.54, 1.807) is 24.3 Å². The van der Waals surface area contributed by atoms with Gasteiger partial charge < -0.3 is 14.4 Å². The number of halogens is 1. The Hall–Kier alpha value is -3.09. The number of fused-ring (bicyclic) bond motifs is 1. The van der Waals surface area contributed by atoms with E-state index in [4.69, 9.17) is 9.47 Å². The maximum absolute atomic E-state index is 14.6. The predicted octanol–water partition coefficient (Wildman–Crippen LogP) is 4.09. The molecule has 6 nitrogen and oxygen atoms in total. The Morgan fingerprint density at radius 3 is 2.73 bits per heavy atom. The van der Waals surface area contributed by atoms with E-state index in [0.29, 0.717) is 23.0 Å². The number of para-hydroxylation sites is 2. The molecule has 1 atom stereocenters. The van der Waals surface area contributed by atoms with Gasteiger partial charge >= 0.3 is 0 Å². The highest BCUT2D eigenvalue weighted by Gasteiger charge is 2.34. The number of methoxy groups -OCH3 is 1. The van der Waals surface area contributed by atoms with Gasteiger partial charge in [-0.05, 0) is 56.0 Å². The number of nitrogens with one attached hydrogen (secondary N) is 1. The summed E-state index contributed by atoms with van der Waals surface area (Å²) in [7, 11) is 3.51. The summed E-state index contributed by atoms with van der Waals surface area (Å²) in [5.41, 5.74) is 4.63. The maximum atomic E-state index is 14.6. The Morgan fingerprint density at radius 1 is 1.33 bits per heavy atom. The maximum Gasteiger partial charge on any atom is 0.277 e. The lowest BCUT2D eigenvalue weighted by molar-refractivity contribution is -0.123. The van der Waals surface area contributed by atoms with Crippen molar-refractivity contribution in [1.29, 1.82) is 0 Å². The monoisotopic (exact) mass is 413 g/mol. The van der Waals surface area contributed by atoms with Crippen LogP contribution < -0.4 is 19.8 Å². The summed E-state index contributed by atoms with van der Waals surface area (Å²) in [6, 6.07) is 10.4. The first-order valence-electron chi connectivity index (χ1n) is 9.88. The Kier molecular flexibility index (Phi) is 6.29. The fourth-order valence-corrected chi connectivity index (χ4v) is 3.79. The SMILES string of the molecule is COc1ccccc1OCC(=O)N/N=C/c1cc2c(cc1F)N(C)C(C)(C)CC2C. The van der Waals surface area contributed by atoms with Crippen LogP contribution in [-0.4, -0.2) is 38.4 Å². The molecule has 1 aliphatic heterocycles. The number of carbonyl (C=O) groups excluding carboxylic acids is 1. The van der Waals surface area contributed by atoms with Crippen molar-refractivity contribution < 1.29 is 18.7 Å². The van der Waals surface area contributed by atoms with Gasteiger partial charge in [-0.1, -0.05) is 19.1 Å². The zero-order valence-corrected chi connectivity index (χ0v) is 18.0. The van der Waals surface area contributed by atoms with Gasteiger partial charge in [0.15, 0.2) is 18.1 Å². The third-order valence-electron chi connectivity index (χ3n) is 5.57. The van der Waals surface area contributed by atoms with Crippen LogP contribution in [0.4, 0.5) is 10.1 Å². The number of ether oxygens (including phenoxy) is 2. The molecule has 3 rings (SSSR count). The van der Waals surface area contributed by atoms with Crippen LogP contribution in [0.3, 0.4) is 0 Å². The molecule has 2 aromatic carbocycles. The van der Waals surface area contributed by atoms with Gasteiger partial charge in [-0.25, -0.2) is 9.82 Å². The summed E-state index contributed by atoms with van der Waals surface area (Å²) in [6.07, 6.45) is 2.29. The number of amides is 1. The molecule has 0 radical (unpaired) electrons. The number of rotatable bonds is 6. The summed E-state index contributed by atoms with van der Waals surface area (Å²) in [4.78, 5) is 14.1. The Bertz CT molecular complexity index is 959. The molecule has 0 fully saturated rings. The number of nitrogens with zero attached hydrogens (tertiary/aromatic N) is 2. The van der Waals surface area contributed by atoms with Crippen molar-refractivity contribution in [2.45, 2.75) is 38.6 Å². The first kappa shape index (κ1) is 21.6. The van der Waals surface area contributed by atoms with Crippen molar-refractivity contribution in [1.82, 2.24) is 5.43 Å². The highest BCUT2D eigenvalue weighted by atomic mass is 19.1. The van der Waals surface area contributed by atoms with Crippen molar-refractivity contribution >= 4 is 17.8 Å². The molecule has 0 bridgehead atoms. The van der Waals surface area contributed by atoms with Crippen molar-refractivity contribution in [2.75, 3.05) is 25.7 Å². The second kappa shape index (κ2) is 8.73. The summed E-state index contributed by atoms with van der Waals surface area (Å²) >= 11 is 0. The van der Waals surface area contributed by atoms with E-state index in [1.807, 2.05) is 19.2 Å². The normalized spacial score (nSPS) is 17.5. The first-order chi connectivity index (χ1) is 14.2. The average Bonchev–Trinajstić information content (AvgIpc) is 2.71. The van der Waals surface area contributed by atoms with Gasteiger partial charge in [0.2, 0.25) is 0 Å². The number of benzene rings is 2. The summed E-state index contributed by atoms with van der Waals surface area (Å²) in [5.74, 6) is 0.454. The van der Waals surface area contributed by atoms with Crippen LogP contribution in [0.1, 0.15) is 44.2 Å². The lowest BCUT2D eigenvalue weighted by atomic mass is 9.80. The molecule has 7 heteroatoms. The summed E-state index contributed by atoms with van der Waals surface area (Å²) in [5, 5.41) is 3.89. The molecule has 0 spiro atoms. The largest absolute Gasteiger partial charge is 0.493 e. The van der Waals surface area contributed by atoms with Crippen LogP contribution in [0.2, 0.25) is 0 Å². The number of hydrogen-bond acceptors (Lipinski definition) is 5. The van der Waals surface area contributed by atoms with Gasteiger partial charge in [-0.3, -0.25) is 4.79 Å². The van der Waals surface area contributed by atoms with Crippen LogP contribution in [-0.2, 0) is 4.79 Å². The van der Waals surface area contributed by atoms with Crippen molar-refractivity contribution in [3.8, 4) is 11.5 Å². The molecule has 1 amide bonds. The molecule has 0 saturated carbocycles. The van der Waals surface area contributed by atoms with E-state index in [0.717, 1.165) is 17.7 Å². The highest BCUT2D eigenvalue weighted by molar-refractivity contribution is 5.84. The van der Waals surface area contributed by atoms with Gasteiger partial charge in [0.05, 0.1) is 13.3 Å². The Morgan fingerprint density at radius 2 is 2.03 bits per heavy atom. The summed E-state index contributed by atoms with van der Waals surface area (Å²) < 4.78 is 25.3. The molecule has 0 aliphatic carbocycles. The molecular formula is C23H28FN3O3. The second-order valence-electron chi connectivity index (χ2n) is 8.14. The average molecular weight is 413 g/mol. The fourth-order valence-electron chi connectivity index (χ4n) is 3.79. The van der Waals surface area contributed by atoms with Crippen LogP contribution in [0.15, 0.2) is 41.5 Å². The molecule has 0 saturated heterocycles. The topological polar surface area (TPSA) is 63.2 Å². The van der Waals surface area contributed by atoms with Gasteiger partial charge in [0.25, 0.3) is 5.91 Å². The van der Waals surface area contributed by atoms with Crippen molar-refractivity contribution in [3.63, 3.8) is 0 Å². The molecule has 30 heavy (non-hydrogen) atoms. The highest BCUT2D eigenvalue weighted by Crippen LogP contribution is 2.43. The minimum Gasteiger partial charge on any atom is -0.493 e. The van der Waals surface area contributed by atoms with Crippen LogP contribution in [0.5, 0.6) is 11.5 Å². The number of anilines is 1. The third kappa shape index (κ3) is 4.56. The number of hydrazone groups is 1. The predicted molar refractivity (Wildman–Crippen MR) is 116 cm³/mol. The number of hydrogen-bond donors (Lipinski definition) is 1. The van der Waals surface area contributed by atoms with Gasteiger partial charge in [0.1, 0.15) is 5.82 Å². The zero-order chi connectivity index (χ0) is 21.9. The van der Waals surface area contributed by atoms with E-state index in [1.165, 1.54) is 13.3 Å². The lowest BCUT2D eigenvalue weighted by Crippen LogP contribution is -2.45. The van der Waals surface area contributed by atoms with Crippen molar-refractivity contribution in [2.24, 2.45) is 5.10 Å². The number of carbonyl (C=O) groups is 1. The Labute approximate surface area is 176 Å².